The van der Waals surface area contributed by atoms with Gasteiger partial charge in [-0.2, -0.15) is 0 Å². The van der Waals surface area contributed by atoms with Gasteiger partial charge in [0.15, 0.2) is 5.65 Å². The molecule has 3 aromatic rings. The molecule has 0 saturated carbocycles. The van der Waals surface area contributed by atoms with Gasteiger partial charge >= 0.3 is 0 Å². The van der Waals surface area contributed by atoms with Crippen LogP contribution in [0.1, 0.15) is 21.9 Å². The molecule has 3 aromatic heterocycles. The molecule has 1 fully saturated rings. The number of nitrogens with one attached hydrogen (secondary N) is 1. The fourth-order valence-electron chi connectivity index (χ4n) is 3.10. The minimum Gasteiger partial charge on any atom is -0.481 e. The van der Waals surface area contributed by atoms with Crippen LogP contribution in [0.25, 0.3) is 5.65 Å². The third kappa shape index (κ3) is 3.16. The van der Waals surface area contributed by atoms with Crippen molar-refractivity contribution in [2.45, 2.75) is 19.9 Å². The first-order valence-electron chi connectivity index (χ1n) is 8.53. The second-order valence-electron chi connectivity index (χ2n) is 6.54. The SMILES string of the molecule is COc1cc(N2CC(NC(=O)c3cn4c(C)c(C)nc4cn3)C2)c(Cl)cn1. The Kier molecular flexibility index (Phi) is 4.35. The van der Waals surface area contributed by atoms with E-state index < -0.39 is 0 Å². The van der Waals surface area contributed by atoms with Crippen LogP contribution in [0.4, 0.5) is 5.69 Å². The molecule has 0 radical (unpaired) electrons. The lowest BCUT2D eigenvalue weighted by molar-refractivity contribution is 0.0924. The molecular weight excluding hydrogens is 368 g/mol. The van der Waals surface area contributed by atoms with E-state index in [0.717, 1.165) is 22.7 Å². The first-order valence-corrected chi connectivity index (χ1v) is 8.90. The van der Waals surface area contributed by atoms with E-state index in [1.54, 1.807) is 31.8 Å². The molecule has 0 aliphatic carbocycles. The summed E-state index contributed by atoms with van der Waals surface area (Å²) in [7, 11) is 1.56. The van der Waals surface area contributed by atoms with E-state index >= 15 is 0 Å². The molecule has 1 aliphatic heterocycles. The highest BCUT2D eigenvalue weighted by molar-refractivity contribution is 6.33. The minimum absolute atomic E-state index is 0.0239. The Morgan fingerprint density at radius 3 is 2.81 bits per heavy atom. The van der Waals surface area contributed by atoms with Crippen molar-refractivity contribution in [3.63, 3.8) is 0 Å². The van der Waals surface area contributed by atoms with Crippen LogP contribution in [0.3, 0.4) is 0 Å². The van der Waals surface area contributed by atoms with E-state index in [0.29, 0.717) is 29.7 Å². The van der Waals surface area contributed by atoms with E-state index in [1.807, 2.05) is 18.2 Å². The summed E-state index contributed by atoms with van der Waals surface area (Å²) in [6, 6.07) is 1.82. The molecule has 4 heterocycles. The number of carbonyl (C=O) groups is 1. The number of amides is 1. The molecule has 140 valence electrons. The fraction of sp³-hybridized carbons (Fsp3) is 0.333. The van der Waals surface area contributed by atoms with Crippen molar-refractivity contribution in [2.24, 2.45) is 0 Å². The first kappa shape index (κ1) is 17.5. The number of imidazole rings is 1. The number of nitrogens with zero attached hydrogens (tertiary/aromatic N) is 5. The van der Waals surface area contributed by atoms with Gasteiger partial charge in [0.1, 0.15) is 5.69 Å². The smallest absolute Gasteiger partial charge is 0.271 e. The van der Waals surface area contributed by atoms with Crippen molar-refractivity contribution >= 4 is 28.8 Å². The highest BCUT2D eigenvalue weighted by atomic mass is 35.5. The van der Waals surface area contributed by atoms with Gasteiger partial charge in [-0.15, -0.1) is 0 Å². The average Bonchev–Trinajstić information content (AvgIpc) is 2.92. The third-order valence-electron chi connectivity index (χ3n) is 4.79. The predicted molar refractivity (Wildman–Crippen MR) is 102 cm³/mol. The normalized spacial score (nSPS) is 14.3. The third-order valence-corrected chi connectivity index (χ3v) is 5.08. The monoisotopic (exact) mass is 386 g/mol. The second kappa shape index (κ2) is 6.70. The van der Waals surface area contributed by atoms with Crippen molar-refractivity contribution in [1.82, 2.24) is 24.7 Å². The summed E-state index contributed by atoms with van der Waals surface area (Å²) in [6.07, 6.45) is 4.91. The Morgan fingerprint density at radius 1 is 1.30 bits per heavy atom. The maximum atomic E-state index is 12.5. The number of methoxy groups -OCH3 is 1. The van der Waals surface area contributed by atoms with Crippen molar-refractivity contribution in [2.75, 3.05) is 25.1 Å². The lowest BCUT2D eigenvalue weighted by atomic mass is 10.1. The topological polar surface area (TPSA) is 84.7 Å². The van der Waals surface area contributed by atoms with Crippen molar-refractivity contribution in [3.05, 3.63) is 46.8 Å². The van der Waals surface area contributed by atoms with Crippen LogP contribution in [0.2, 0.25) is 5.02 Å². The molecule has 0 spiro atoms. The Bertz CT molecular complexity index is 1030. The van der Waals surface area contributed by atoms with Gasteiger partial charge in [-0.3, -0.25) is 4.79 Å². The zero-order chi connectivity index (χ0) is 19.1. The predicted octanol–water partition coefficient (Wildman–Crippen LogP) is 2.02. The van der Waals surface area contributed by atoms with E-state index in [9.17, 15) is 4.79 Å². The van der Waals surface area contributed by atoms with E-state index in [2.05, 4.69) is 25.2 Å². The maximum Gasteiger partial charge on any atom is 0.271 e. The fourth-order valence-corrected chi connectivity index (χ4v) is 3.32. The van der Waals surface area contributed by atoms with Crippen LogP contribution in [0.5, 0.6) is 5.88 Å². The number of aromatic nitrogens is 4. The molecule has 0 unspecified atom stereocenters. The van der Waals surface area contributed by atoms with Gasteiger partial charge in [0.25, 0.3) is 5.91 Å². The van der Waals surface area contributed by atoms with Gasteiger partial charge in [-0.05, 0) is 13.8 Å². The zero-order valence-electron chi connectivity index (χ0n) is 15.2. The Hall–Kier alpha value is -2.87. The molecule has 0 atom stereocenters. The molecule has 1 aliphatic rings. The molecular formula is C18H19ClN6O2. The van der Waals surface area contributed by atoms with E-state index in [-0.39, 0.29) is 11.9 Å². The summed E-state index contributed by atoms with van der Waals surface area (Å²) >= 11 is 6.22. The van der Waals surface area contributed by atoms with Crippen LogP contribution in [-0.4, -0.2) is 51.5 Å². The summed E-state index contributed by atoms with van der Waals surface area (Å²) in [6.45, 7) is 5.21. The summed E-state index contributed by atoms with van der Waals surface area (Å²) in [5.74, 6) is 0.302. The summed E-state index contributed by atoms with van der Waals surface area (Å²) in [4.78, 5) is 27.3. The number of anilines is 1. The molecule has 0 bridgehead atoms. The quantitative estimate of drug-likeness (QED) is 0.738. The largest absolute Gasteiger partial charge is 0.481 e. The van der Waals surface area contributed by atoms with Crippen LogP contribution in [0, 0.1) is 13.8 Å². The number of carbonyl (C=O) groups excluding carboxylic acids is 1. The standard InChI is InChI=1S/C18H19ClN6O2/c1-10-11(2)25-9-14(20-6-16(25)22-10)18(26)23-12-7-24(8-12)15-4-17(27-3)21-5-13(15)19/h4-6,9,12H,7-8H2,1-3H3,(H,23,26). The van der Waals surface area contributed by atoms with Gasteiger partial charge in [0, 0.05) is 31.0 Å². The van der Waals surface area contributed by atoms with Crippen molar-refractivity contribution in [1.29, 1.82) is 0 Å². The molecule has 0 aromatic carbocycles. The lowest BCUT2D eigenvalue weighted by Gasteiger charge is -2.41. The number of hydrogen-bond donors (Lipinski definition) is 1. The lowest BCUT2D eigenvalue weighted by Crippen LogP contribution is -2.59. The van der Waals surface area contributed by atoms with Crippen LogP contribution in [-0.2, 0) is 0 Å². The van der Waals surface area contributed by atoms with Gasteiger partial charge in [-0.25, -0.2) is 15.0 Å². The second-order valence-corrected chi connectivity index (χ2v) is 6.94. The number of aryl methyl sites for hydroxylation is 2. The van der Waals surface area contributed by atoms with Crippen molar-refractivity contribution < 1.29 is 9.53 Å². The Labute approximate surface area is 161 Å². The van der Waals surface area contributed by atoms with Gasteiger partial charge in [-0.1, -0.05) is 11.6 Å². The van der Waals surface area contributed by atoms with E-state index in [1.165, 1.54) is 0 Å². The van der Waals surface area contributed by atoms with Crippen LogP contribution < -0.4 is 15.0 Å². The molecule has 4 rings (SSSR count). The summed E-state index contributed by atoms with van der Waals surface area (Å²) in [5.41, 5.74) is 3.87. The summed E-state index contributed by atoms with van der Waals surface area (Å²) < 4.78 is 7.02. The molecule has 1 amide bonds. The molecule has 27 heavy (non-hydrogen) atoms. The molecule has 1 N–H and O–H groups in total. The van der Waals surface area contributed by atoms with Gasteiger partial charge < -0.3 is 19.4 Å². The number of hydrogen-bond acceptors (Lipinski definition) is 6. The molecule has 9 heteroatoms. The molecule has 1 saturated heterocycles. The Balaban J connectivity index is 1.43. The van der Waals surface area contributed by atoms with Gasteiger partial charge in [0.05, 0.1) is 41.9 Å². The molecule has 8 nitrogen and oxygen atoms in total. The number of rotatable bonds is 4. The number of pyridine rings is 1. The minimum atomic E-state index is -0.203. The first-order chi connectivity index (χ1) is 13.0. The van der Waals surface area contributed by atoms with E-state index in [4.69, 9.17) is 16.3 Å². The highest BCUT2D eigenvalue weighted by Gasteiger charge is 2.30. The van der Waals surface area contributed by atoms with Crippen LogP contribution in [0.15, 0.2) is 24.7 Å². The van der Waals surface area contributed by atoms with Gasteiger partial charge in [0.2, 0.25) is 5.88 Å². The highest BCUT2D eigenvalue weighted by Crippen LogP contribution is 2.31. The number of ether oxygens (including phenoxy) is 1. The van der Waals surface area contributed by atoms with Crippen molar-refractivity contribution in [3.8, 4) is 5.88 Å². The number of halogens is 1. The van der Waals surface area contributed by atoms with Crippen LogP contribution >= 0.6 is 11.6 Å². The Morgan fingerprint density at radius 2 is 2.07 bits per heavy atom. The maximum absolute atomic E-state index is 12.5. The average molecular weight is 387 g/mol. The zero-order valence-corrected chi connectivity index (χ0v) is 16.0. The summed E-state index contributed by atoms with van der Waals surface area (Å²) in [5, 5.41) is 3.56. The number of fused-ring (bicyclic) bond motifs is 1.